The first kappa shape index (κ1) is 15.9. The molecular formula is C11H26N2O2S. The maximum absolute atomic E-state index is 10.7. The lowest BCUT2D eigenvalue weighted by Gasteiger charge is -2.20. The van der Waals surface area contributed by atoms with Crippen molar-refractivity contribution in [2.24, 2.45) is 11.1 Å². The molecule has 0 spiro atoms. The molecule has 0 aromatic rings. The van der Waals surface area contributed by atoms with Crippen molar-refractivity contribution >= 4 is 10.0 Å². The molecule has 2 unspecified atom stereocenters. The molecule has 16 heavy (non-hydrogen) atoms. The van der Waals surface area contributed by atoms with Gasteiger partial charge in [-0.3, -0.25) is 0 Å². The number of nitrogens with two attached hydrogens (primary N) is 1. The monoisotopic (exact) mass is 250 g/mol. The number of primary sulfonamides is 1. The van der Waals surface area contributed by atoms with Gasteiger partial charge in [0.15, 0.2) is 0 Å². The predicted molar refractivity (Wildman–Crippen MR) is 68.7 cm³/mol. The van der Waals surface area contributed by atoms with Gasteiger partial charge in [0.1, 0.15) is 0 Å². The average Bonchev–Trinajstić information content (AvgIpc) is 2.20. The zero-order valence-electron chi connectivity index (χ0n) is 10.7. The molecular weight excluding hydrogens is 224 g/mol. The lowest BCUT2D eigenvalue weighted by Crippen LogP contribution is -2.32. The summed E-state index contributed by atoms with van der Waals surface area (Å²) >= 11 is 0. The van der Waals surface area contributed by atoms with Crippen molar-refractivity contribution in [3.8, 4) is 0 Å². The van der Waals surface area contributed by atoms with Gasteiger partial charge >= 0.3 is 0 Å². The molecule has 0 saturated heterocycles. The van der Waals surface area contributed by atoms with Crippen molar-refractivity contribution in [1.82, 2.24) is 5.32 Å². The zero-order chi connectivity index (χ0) is 12.6. The second kappa shape index (κ2) is 8.03. The molecule has 0 radical (unpaired) electrons. The normalized spacial score (nSPS) is 16.0. The third-order valence-electron chi connectivity index (χ3n) is 2.92. The Labute approximate surface area is 100 Å². The third-order valence-corrected chi connectivity index (χ3v) is 3.77. The number of hydrogen-bond acceptors (Lipinski definition) is 3. The third kappa shape index (κ3) is 9.12. The lowest BCUT2D eigenvalue weighted by molar-refractivity contribution is 0.386. The molecule has 0 heterocycles. The number of rotatable bonds is 9. The molecule has 0 amide bonds. The fraction of sp³-hybridized carbons (Fsp3) is 1.00. The van der Waals surface area contributed by atoms with E-state index in [0.717, 1.165) is 25.3 Å². The van der Waals surface area contributed by atoms with Gasteiger partial charge in [-0.15, -0.1) is 0 Å². The molecule has 0 bridgehead atoms. The number of nitrogens with one attached hydrogen (secondary N) is 1. The topological polar surface area (TPSA) is 72.2 Å². The number of hydrogen-bond donors (Lipinski definition) is 2. The van der Waals surface area contributed by atoms with Crippen LogP contribution in [0.5, 0.6) is 0 Å². The molecule has 98 valence electrons. The van der Waals surface area contributed by atoms with Crippen LogP contribution >= 0.6 is 0 Å². The molecule has 0 aliphatic carbocycles. The Bertz CT molecular complexity index is 265. The van der Waals surface area contributed by atoms with Gasteiger partial charge in [-0.25, -0.2) is 13.6 Å². The van der Waals surface area contributed by atoms with Crippen LogP contribution in [0.15, 0.2) is 0 Å². The van der Waals surface area contributed by atoms with Gasteiger partial charge in [0.25, 0.3) is 0 Å². The summed E-state index contributed by atoms with van der Waals surface area (Å²) in [5.74, 6) is 0.787. The van der Waals surface area contributed by atoms with Crippen molar-refractivity contribution in [3.63, 3.8) is 0 Å². The van der Waals surface area contributed by atoms with E-state index in [2.05, 4.69) is 26.1 Å². The fourth-order valence-electron chi connectivity index (χ4n) is 1.63. The minimum atomic E-state index is -3.30. The van der Waals surface area contributed by atoms with Crippen LogP contribution in [0.3, 0.4) is 0 Å². The van der Waals surface area contributed by atoms with E-state index in [0.29, 0.717) is 12.5 Å². The lowest BCUT2D eigenvalue weighted by atomic mass is 9.98. The first-order chi connectivity index (χ1) is 7.39. The molecule has 0 saturated carbocycles. The highest BCUT2D eigenvalue weighted by Crippen LogP contribution is 2.11. The van der Waals surface area contributed by atoms with E-state index < -0.39 is 10.0 Å². The molecule has 0 fully saturated rings. The summed E-state index contributed by atoms with van der Waals surface area (Å²) in [6.07, 6.45) is 4.02. The summed E-state index contributed by atoms with van der Waals surface area (Å²) in [6, 6.07) is 0.496. The van der Waals surface area contributed by atoms with Crippen molar-refractivity contribution < 1.29 is 8.42 Å². The van der Waals surface area contributed by atoms with Gasteiger partial charge in [-0.1, -0.05) is 27.2 Å². The van der Waals surface area contributed by atoms with Gasteiger partial charge in [0, 0.05) is 6.04 Å². The molecule has 4 nitrogen and oxygen atoms in total. The summed E-state index contributed by atoms with van der Waals surface area (Å²) in [5.41, 5.74) is 0. The second-order valence-corrected chi connectivity index (χ2v) is 6.26. The molecule has 2 atom stereocenters. The summed E-state index contributed by atoms with van der Waals surface area (Å²) in [7, 11) is -3.30. The van der Waals surface area contributed by atoms with Gasteiger partial charge in [0.05, 0.1) is 5.75 Å². The van der Waals surface area contributed by atoms with Crippen LogP contribution in [0.1, 0.15) is 46.5 Å². The Morgan fingerprint density at radius 2 is 1.88 bits per heavy atom. The zero-order valence-corrected chi connectivity index (χ0v) is 11.5. The van der Waals surface area contributed by atoms with Gasteiger partial charge < -0.3 is 5.32 Å². The van der Waals surface area contributed by atoms with E-state index in [1.165, 1.54) is 6.42 Å². The van der Waals surface area contributed by atoms with E-state index in [1.54, 1.807) is 0 Å². The standard InChI is InChI=1S/C11H26N2O2S/c1-4-10(3)9-11(5-2)13-7-6-8-16(12,14)15/h10-11,13H,4-9H2,1-3H3,(H2,12,14,15). The molecule has 0 aromatic heterocycles. The van der Waals surface area contributed by atoms with E-state index in [4.69, 9.17) is 5.14 Å². The minimum Gasteiger partial charge on any atom is -0.314 e. The molecule has 0 aliphatic heterocycles. The van der Waals surface area contributed by atoms with Crippen LogP contribution in [-0.4, -0.2) is 26.8 Å². The molecule has 0 aromatic carbocycles. The van der Waals surface area contributed by atoms with Crippen LogP contribution in [0.4, 0.5) is 0 Å². The fourth-order valence-corrected chi connectivity index (χ4v) is 2.17. The van der Waals surface area contributed by atoms with Crippen molar-refractivity contribution in [3.05, 3.63) is 0 Å². The quantitative estimate of drug-likeness (QED) is 0.609. The first-order valence-corrected chi connectivity index (χ1v) is 7.84. The van der Waals surface area contributed by atoms with E-state index in [-0.39, 0.29) is 5.75 Å². The average molecular weight is 250 g/mol. The Balaban J connectivity index is 3.71. The van der Waals surface area contributed by atoms with Gasteiger partial charge in [0.2, 0.25) is 10.0 Å². The summed E-state index contributed by atoms with van der Waals surface area (Å²) in [6.45, 7) is 7.32. The maximum Gasteiger partial charge on any atom is 0.209 e. The Morgan fingerprint density at radius 3 is 2.31 bits per heavy atom. The van der Waals surface area contributed by atoms with Crippen LogP contribution in [0.2, 0.25) is 0 Å². The predicted octanol–water partition coefficient (Wildman–Crippen LogP) is 1.47. The summed E-state index contributed by atoms with van der Waals surface area (Å²) in [5, 5.41) is 8.32. The highest BCUT2D eigenvalue weighted by molar-refractivity contribution is 7.89. The highest BCUT2D eigenvalue weighted by Gasteiger charge is 2.10. The van der Waals surface area contributed by atoms with Gasteiger partial charge in [-0.05, 0) is 31.7 Å². The molecule has 0 rings (SSSR count). The summed E-state index contributed by atoms with van der Waals surface area (Å²) < 4.78 is 21.4. The first-order valence-electron chi connectivity index (χ1n) is 6.12. The molecule has 3 N–H and O–H groups in total. The van der Waals surface area contributed by atoms with Crippen molar-refractivity contribution in [2.75, 3.05) is 12.3 Å². The van der Waals surface area contributed by atoms with Crippen LogP contribution < -0.4 is 10.5 Å². The Morgan fingerprint density at radius 1 is 1.25 bits per heavy atom. The minimum absolute atomic E-state index is 0.0692. The molecule has 0 aliphatic rings. The maximum atomic E-state index is 10.7. The van der Waals surface area contributed by atoms with Gasteiger partial charge in [-0.2, -0.15) is 0 Å². The summed E-state index contributed by atoms with van der Waals surface area (Å²) in [4.78, 5) is 0. The van der Waals surface area contributed by atoms with E-state index >= 15 is 0 Å². The number of sulfonamides is 1. The Kier molecular flexibility index (Phi) is 7.97. The smallest absolute Gasteiger partial charge is 0.209 e. The van der Waals surface area contributed by atoms with Crippen molar-refractivity contribution in [2.45, 2.75) is 52.5 Å². The molecule has 5 heteroatoms. The van der Waals surface area contributed by atoms with Crippen molar-refractivity contribution in [1.29, 1.82) is 0 Å². The van der Waals surface area contributed by atoms with E-state index in [1.807, 2.05) is 0 Å². The SMILES string of the molecule is CCC(C)CC(CC)NCCCS(N)(=O)=O. The van der Waals surface area contributed by atoms with E-state index in [9.17, 15) is 8.42 Å². The van der Waals surface area contributed by atoms with Crippen LogP contribution in [0, 0.1) is 5.92 Å². The highest BCUT2D eigenvalue weighted by atomic mass is 32.2. The largest absolute Gasteiger partial charge is 0.314 e. The second-order valence-electron chi connectivity index (χ2n) is 4.53. The van der Waals surface area contributed by atoms with Crippen LogP contribution in [0.25, 0.3) is 0 Å². The Hall–Kier alpha value is -0.130. The van der Waals surface area contributed by atoms with Crippen LogP contribution in [-0.2, 0) is 10.0 Å².